The fourth-order valence-electron chi connectivity index (χ4n) is 3.66. The van der Waals surface area contributed by atoms with E-state index in [1.165, 1.54) is 35.3 Å². The molecule has 1 aliphatic rings. The predicted octanol–water partition coefficient (Wildman–Crippen LogP) is 7.04. The molecular weight excluding hydrogens is 420 g/mol. The van der Waals surface area contributed by atoms with Gasteiger partial charge in [-0.2, -0.15) is 5.26 Å². The molecule has 1 heterocycles. The van der Waals surface area contributed by atoms with Crippen molar-refractivity contribution >= 4 is 23.7 Å². The Morgan fingerprint density at radius 1 is 1.35 bits per heavy atom. The van der Waals surface area contributed by atoms with E-state index in [2.05, 4.69) is 67.5 Å². The van der Waals surface area contributed by atoms with Crippen LogP contribution < -0.4 is 4.72 Å². The van der Waals surface area contributed by atoms with Gasteiger partial charge in [-0.25, -0.2) is 4.98 Å². The number of aryl methyl sites for hydroxylation is 2. The van der Waals surface area contributed by atoms with E-state index >= 15 is 0 Å². The van der Waals surface area contributed by atoms with E-state index in [4.69, 9.17) is 4.98 Å². The van der Waals surface area contributed by atoms with Crippen molar-refractivity contribution in [2.75, 3.05) is 6.54 Å². The zero-order chi connectivity index (χ0) is 22.6. The largest absolute Gasteiger partial charge is 0.322 e. The maximum atomic E-state index is 9.62. The Labute approximate surface area is 196 Å². The van der Waals surface area contributed by atoms with Gasteiger partial charge in [0.15, 0.2) is 5.16 Å². The highest BCUT2D eigenvalue weighted by atomic mass is 32.2. The van der Waals surface area contributed by atoms with E-state index < -0.39 is 5.41 Å². The third-order valence-electron chi connectivity index (χ3n) is 5.96. The van der Waals surface area contributed by atoms with Crippen molar-refractivity contribution in [2.24, 2.45) is 18.4 Å². The Morgan fingerprint density at radius 3 is 2.71 bits per heavy atom. The molecule has 31 heavy (non-hydrogen) atoms. The van der Waals surface area contributed by atoms with Crippen LogP contribution in [-0.4, -0.2) is 16.1 Å². The first-order valence-corrected chi connectivity index (χ1v) is 12.7. The molecule has 0 atom stereocenters. The Hall–Kier alpha value is -1.68. The second-order valence-electron chi connectivity index (χ2n) is 8.93. The molecule has 1 aromatic carbocycles. The molecule has 1 N–H and O–H groups in total. The van der Waals surface area contributed by atoms with Crippen LogP contribution in [0.3, 0.4) is 0 Å². The summed E-state index contributed by atoms with van der Waals surface area (Å²) >= 11 is 3.35. The molecule has 0 spiro atoms. The molecule has 6 heteroatoms. The lowest BCUT2D eigenvalue weighted by molar-refractivity contribution is 0.319. The summed E-state index contributed by atoms with van der Waals surface area (Å²) in [4.78, 5) is 7.19. The Bertz CT molecular complexity index is 994. The number of allylic oxidation sites excluding steroid dienone is 2. The van der Waals surface area contributed by atoms with Crippen molar-refractivity contribution < 1.29 is 0 Å². The Balaban J connectivity index is 1.85. The molecule has 1 aromatic heterocycles. The summed E-state index contributed by atoms with van der Waals surface area (Å²) in [6, 6.07) is 9.09. The van der Waals surface area contributed by atoms with Gasteiger partial charge in [-0.15, -0.1) is 0 Å². The number of benzene rings is 1. The topological polar surface area (TPSA) is 53.6 Å². The smallest absolute Gasteiger partial charge is 0.173 e. The fourth-order valence-corrected chi connectivity index (χ4v) is 5.71. The molecule has 0 bridgehead atoms. The van der Waals surface area contributed by atoms with Gasteiger partial charge in [-0.1, -0.05) is 43.3 Å². The van der Waals surface area contributed by atoms with E-state index in [0.717, 1.165) is 40.3 Å². The second-order valence-corrected chi connectivity index (χ2v) is 10.9. The second kappa shape index (κ2) is 10.3. The molecule has 3 rings (SSSR count). The SMILES string of the molecule is CC/C=C(\Sc1nc(C)c(-c2ccc(C)c(SNCC3CCC3)c2)n1C)C(C)(C)C#N. The van der Waals surface area contributed by atoms with Crippen LogP contribution in [0.4, 0.5) is 0 Å². The highest BCUT2D eigenvalue weighted by Gasteiger charge is 2.26. The van der Waals surface area contributed by atoms with Gasteiger partial charge in [-0.05, 0) is 76.5 Å². The van der Waals surface area contributed by atoms with Gasteiger partial charge in [0, 0.05) is 29.0 Å². The Kier molecular flexibility index (Phi) is 7.96. The molecule has 1 fully saturated rings. The summed E-state index contributed by atoms with van der Waals surface area (Å²) in [5.74, 6) is 0.845. The maximum absolute atomic E-state index is 9.62. The molecule has 0 unspecified atom stereocenters. The molecule has 1 saturated carbocycles. The summed E-state index contributed by atoms with van der Waals surface area (Å²) in [5.41, 5.74) is 4.08. The molecule has 2 aromatic rings. The van der Waals surface area contributed by atoms with Crippen molar-refractivity contribution in [3.8, 4) is 17.3 Å². The van der Waals surface area contributed by atoms with Crippen LogP contribution in [0.25, 0.3) is 11.3 Å². The van der Waals surface area contributed by atoms with Gasteiger partial charge in [0.05, 0.1) is 22.9 Å². The normalized spacial score (nSPS) is 15.1. The lowest BCUT2D eigenvalue weighted by atomic mass is 9.86. The minimum absolute atomic E-state index is 0.527. The van der Waals surface area contributed by atoms with Crippen molar-refractivity contribution in [3.05, 3.63) is 40.4 Å². The number of nitriles is 1. The number of rotatable bonds is 9. The van der Waals surface area contributed by atoms with Crippen LogP contribution in [0, 0.1) is 36.5 Å². The third kappa shape index (κ3) is 5.58. The van der Waals surface area contributed by atoms with E-state index in [0.29, 0.717) is 0 Å². The molecule has 0 radical (unpaired) electrons. The summed E-state index contributed by atoms with van der Waals surface area (Å²) in [7, 11) is 2.07. The Morgan fingerprint density at radius 2 is 2.10 bits per heavy atom. The number of hydrogen-bond acceptors (Lipinski definition) is 5. The molecule has 0 amide bonds. The standard InChI is InChI=1S/C25H34N4S2/c1-7-9-22(25(4,5)16-26)30-24-28-18(3)23(29(24)6)20-13-12-17(2)21(14-20)31-27-15-19-10-8-11-19/h9,12-14,19,27H,7-8,10-11,15H2,1-6H3/b22-9-. The molecule has 1 aliphatic carbocycles. The predicted molar refractivity (Wildman–Crippen MR) is 133 cm³/mol. The van der Waals surface area contributed by atoms with E-state index in [1.54, 1.807) is 23.7 Å². The molecule has 4 nitrogen and oxygen atoms in total. The van der Waals surface area contributed by atoms with Crippen molar-refractivity contribution in [3.63, 3.8) is 0 Å². The average Bonchev–Trinajstić information content (AvgIpc) is 2.98. The summed E-state index contributed by atoms with van der Waals surface area (Å²) in [6.45, 7) is 11.4. The lowest BCUT2D eigenvalue weighted by Crippen LogP contribution is -2.22. The van der Waals surface area contributed by atoms with E-state index in [-0.39, 0.29) is 0 Å². The average molecular weight is 455 g/mol. The number of nitrogens with zero attached hydrogens (tertiary/aromatic N) is 3. The first-order chi connectivity index (χ1) is 14.8. The van der Waals surface area contributed by atoms with Gasteiger partial charge in [-0.3, -0.25) is 4.72 Å². The summed E-state index contributed by atoms with van der Waals surface area (Å²) in [6.07, 6.45) is 7.14. The highest BCUT2D eigenvalue weighted by Crippen LogP contribution is 2.41. The van der Waals surface area contributed by atoms with Gasteiger partial charge in [0.1, 0.15) is 0 Å². The first-order valence-electron chi connectivity index (χ1n) is 11.1. The fraction of sp³-hybridized carbons (Fsp3) is 0.520. The summed E-state index contributed by atoms with van der Waals surface area (Å²) in [5, 5.41) is 10.5. The zero-order valence-corrected chi connectivity index (χ0v) is 21.2. The van der Waals surface area contributed by atoms with Crippen LogP contribution in [0.15, 0.2) is 39.2 Å². The first kappa shape index (κ1) is 24.0. The van der Waals surface area contributed by atoms with Crippen LogP contribution >= 0.6 is 23.7 Å². The number of imidazole rings is 1. The van der Waals surface area contributed by atoms with Crippen LogP contribution in [0.5, 0.6) is 0 Å². The zero-order valence-electron chi connectivity index (χ0n) is 19.6. The lowest BCUT2D eigenvalue weighted by Gasteiger charge is -2.25. The maximum Gasteiger partial charge on any atom is 0.173 e. The molecule has 166 valence electrons. The van der Waals surface area contributed by atoms with Crippen molar-refractivity contribution in [1.29, 1.82) is 5.26 Å². The number of thioether (sulfide) groups is 1. The van der Waals surface area contributed by atoms with Gasteiger partial charge in [0.25, 0.3) is 0 Å². The van der Waals surface area contributed by atoms with E-state index in [9.17, 15) is 5.26 Å². The van der Waals surface area contributed by atoms with Gasteiger partial charge < -0.3 is 4.57 Å². The molecule has 0 saturated heterocycles. The number of aromatic nitrogens is 2. The van der Waals surface area contributed by atoms with Crippen LogP contribution in [0.1, 0.15) is 57.7 Å². The quantitative estimate of drug-likeness (QED) is 0.325. The third-order valence-corrected chi connectivity index (χ3v) is 8.37. The molecule has 0 aliphatic heterocycles. The minimum Gasteiger partial charge on any atom is -0.322 e. The summed E-state index contributed by atoms with van der Waals surface area (Å²) < 4.78 is 5.74. The van der Waals surface area contributed by atoms with Crippen LogP contribution in [-0.2, 0) is 7.05 Å². The number of hydrogen-bond donors (Lipinski definition) is 1. The highest BCUT2D eigenvalue weighted by molar-refractivity contribution is 8.03. The van der Waals surface area contributed by atoms with Crippen molar-refractivity contribution in [2.45, 2.75) is 70.4 Å². The number of nitrogens with one attached hydrogen (secondary N) is 1. The van der Waals surface area contributed by atoms with Gasteiger partial charge in [0.2, 0.25) is 0 Å². The monoisotopic (exact) mass is 454 g/mol. The van der Waals surface area contributed by atoms with Crippen LogP contribution in [0.2, 0.25) is 0 Å². The van der Waals surface area contributed by atoms with E-state index in [1.807, 2.05) is 13.8 Å². The minimum atomic E-state index is -0.527. The van der Waals surface area contributed by atoms with Gasteiger partial charge >= 0.3 is 0 Å². The molecular formula is C25H34N4S2. The van der Waals surface area contributed by atoms with Crippen molar-refractivity contribution in [1.82, 2.24) is 14.3 Å².